The molecule has 2 aromatic rings. The Labute approximate surface area is 146 Å². The molecule has 138 valence electrons. The van der Waals surface area contributed by atoms with Crippen LogP contribution >= 0.6 is 0 Å². The third-order valence-corrected chi connectivity index (χ3v) is 3.56. The van der Waals surface area contributed by atoms with Gasteiger partial charge in [-0.25, -0.2) is 0 Å². The Morgan fingerprint density at radius 3 is 2.35 bits per heavy atom. The molecule has 2 heterocycles. The zero-order chi connectivity index (χ0) is 18.6. The molecule has 1 aromatic carbocycles. The summed E-state index contributed by atoms with van der Waals surface area (Å²) in [5, 5.41) is 10.5. The predicted molar refractivity (Wildman–Crippen MR) is 86.1 cm³/mol. The number of ether oxygens (including phenoxy) is 2. The molecule has 1 N–H and O–H groups in total. The highest BCUT2D eigenvalue weighted by atomic mass is 19.4. The third kappa shape index (κ3) is 4.82. The maximum absolute atomic E-state index is 12.2. The Bertz CT molecular complexity index is 745. The quantitative estimate of drug-likeness (QED) is 0.894. The Morgan fingerprint density at radius 1 is 1.08 bits per heavy atom. The predicted octanol–water partition coefficient (Wildman–Crippen LogP) is 2.46. The summed E-state index contributed by atoms with van der Waals surface area (Å²) in [6, 6.07) is 8.04. The lowest BCUT2D eigenvalue weighted by Gasteiger charge is -2.27. The van der Waals surface area contributed by atoms with Gasteiger partial charge in [-0.3, -0.25) is 4.79 Å². The average Bonchev–Trinajstić information content (AvgIpc) is 2.63. The van der Waals surface area contributed by atoms with Gasteiger partial charge >= 0.3 is 6.36 Å². The van der Waals surface area contributed by atoms with Crippen molar-refractivity contribution in [3.05, 3.63) is 42.1 Å². The molecule has 1 saturated heterocycles. The monoisotopic (exact) mass is 368 g/mol. The van der Waals surface area contributed by atoms with Gasteiger partial charge in [0.1, 0.15) is 5.75 Å². The number of hydrogen-bond acceptors (Lipinski definition) is 6. The summed E-state index contributed by atoms with van der Waals surface area (Å²) >= 11 is 0. The standard InChI is InChI=1S/C16H15F3N4O3/c17-16(18,19)26-12-3-1-11(2-4-12)20-15(24)13-5-6-14(22-21-13)23-7-9-25-10-8-23/h1-6H,7-10H2,(H,20,24). The molecule has 0 aliphatic carbocycles. The second kappa shape index (κ2) is 7.56. The lowest BCUT2D eigenvalue weighted by Crippen LogP contribution is -2.37. The van der Waals surface area contributed by atoms with Gasteiger partial charge < -0.3 is 19.7 Å². The summed E-state index contributed by atoms with van der Waals surface area (Å²) in [5.41, 5.74) is 0.404. The molecule has 1 amide bonds. The third-order valence-electron chi connectivity index (χ3n) is 3.56. The van der Waals surface area contributed by atoms with Crippen molar-refractivity contribution in [1.82, 2.24) is 10.2 Å². The van der Waals surface area contributed by atoms with Crippen LogP contribution in [0.1, 0.15) is 10.5 Å². The van der Waals surface area contributed by atoms with Crippen LogP contribution < -0.4 is 15.0 Å². The number of carbonyl (C=O) groups excluding carboxylic acids is 1. The van der Waals surface area contributed by atoms with E-state index in [9.17, 15) is 18.0 Å². The van der Waals surface area contributed by atoms with Gasteiger partial charge in [0.25, 0.3) is 5.91 Å². The van der Waals surface area contributed by atoms with E-state index in [1.165, 1.54) is 18.2 Å². The van der Waals surface area contributed by atoms with Crippen LogP contribution in [0.3, 0.4) is 0 Å². The number of amides is 1. The highest BCUT2D eigenvalue weighted by Crippen LogP contribution is 2.24. The van der Waals surface area contributed by atoms with Crippen LogP contribution in [0, 0.1) is 0 Å². The number of benzene rings is 1. The number of morpholine rings is 1. The molecule has 3 rings (SSSR count). The number of aromatic nitrogens is 2. The largest absolute Gasteiger partial charge is 0.573 e. The summed E-state index contributed by atoms with van der Waals surface area (Å²) in [6.45, 7) is 2.62. The maximum Gasteiger partial charge on any atom is 0.573 e. The highest BCUT2D eigenvalue weighted by Gasteiger charge is 2.31. The fourth-order valence-electron chi connectivity index (χ4n) is 2.34. The summed E-state index contributed by atoms with van der Waals surface area (Å²) < 4.78 is 45.4. The lowest BCUT2D eigenvalue weighted by atomic mass is 10.3. The summed E-state index contributed by atoms with van der Waals surface area (Å²) in [4.78, 5) is 14.2. The van der Waals surface area contributed by atoms with E-state index in [1.54, 1.807) is 6.07 Å². The molecule has 0 bridgehead atoms. The van der Waals surface area contributed by atoms with Gasteiger partial charge in [-0.05, 0) is 36.4 Å². The first-order chi connectivity index (χ1) is 12.4. The van der Waals surface area contributed by atoms with E-state index >= 15 is 0 Å². The van der Waals surface area contributed by atoms with E-state index in [1.807, 2.05) is 4.90 Å². The molecule has 0 atom stereocenters. The van der Waals surface area contributed by atoms with Gasteiger partial charge in [-0.2, -0.15) is 0 Å². The van der Waals surface area contributed by atoms with E-state index in [-0.39, 0.29) is 11.4 Å². The summed E-state index contributed by atoms with van der Waals surface area (Å²) in [6.07, 6.45) is -4.76. The van der Waals surface area contributed by atoms with Crippen LogP contribution in [-0.2, 0) is 4.74 Å². The van der Waals surface area contributed by atoms with E-state index in [0.717, 1.165) is 12.1 Å². The number of alkyl halides is 3. The number of rotatable bonds is 4. The average molecular weight is 368 g/mol. The number of carbonyl (C=O) groups is 1. The van der Waals surface area contributed by atoms with Crippen molar-refractivity contribution in [2.75, 3.05) is 36.5 Å². The van der Waals surface area contributed by atoms with Crippen molar-refractivity contribution in [3.8, 4) is 5.75 Å². The highest BCUT2D eigenvalue weighted by molar-refractivity contribution is 6.02. The minimum atomic E-state index is -4.76. The van der Waals surface area contributed by atoms with Crippen LogP contribution in [-0.4, -0.2) is 48.8 Å². The number of nitrogens with zero attached hydrogens (tertiary/aromatic N) is 3. The fourth-order valence-corrected chi connectivity index (χ4v) is 2.34. The van der Waals surface area contributed by atoms with Gasteiger partial charge in [-0.15, -0.1) is 23.4 Å². The topological polar surface area (TPSA) is 76.6 Å². The first-order valence-corrected chi connectivity index (χ1v) is 7.74. The molecule has 1 aliphatic heterocycles. The molecule has 0 spiro atoms. The molecule has 26 heavy (non-hydrogen) atoms. The Morgan fingerprint density at radius 2 is 1.77 bits per heavy atom. The van der Waals surface area contributed by atoms with Crippen LogP contribution in [0.5, 0.6) is 5.75 Å². The van der Waals surface area contributed by atoms with Crippen molar-refractivity contribution in [1.29, 1.82) is 0 Å². The molecule has 0 saturated carbocycles. The van der Waals surface area contributed by atoms with E-state index < -0.39 is 12.3 Å². The number of halogens is 3. The molecule has 1 aliphatic rings. The zero-order valence-electron chi connectivity index (χ0n) is 13.5. The normalized spacial score (nSPS) is 14.8. The first kappa shape index (κ1) is 17.9. The Hall–Kier alpha value is -2.88. The van der Waals surface area contributed by atoms with E-state index in [0.29, 0.717) is 37.8 Å². The molecular formula is C16H15F3N4O3. The molecule has 1 aromatic heterocycles. The first-order valence-electron chi connectivity index (χ1n) is 7.74. The van der Waals surface area contributed by atoms with Crippen LogP contribution in [0.25, 0.3) is 0 Å². The molecule has 1 fully saturated rings. The van der Waals surface area contributed by atoms with Crippen LogP contribution in [0.4, 0.5) is 24.7 Å². The maximum atomic E-state index is 12.2. The van der Waals surface area contributed by atoms with E-state index in [2.05, 4.69) is 20.3 Å². The molecule has 7 nitrogen and oxygen atoms in total. The molecular weight excluding hydrogens is 353 g/mol. The number of anilines is 2. The zero-order valence-corrected chi connectivity index (χ0v) is 13.5. The molecule has 0 radical (unpaired) electrons. The van der Waals surface area contributed by atoms with Crippen molar-refractivity contribution in [3.63, 3.8) is 0 Å². The van der Waals surface area contributed by atoms with Crippen molar-refractivity contribution < 1.29 is 27.4 Å². The second-order valence-electron chi connectivity index (χ2n) is 5.40. The Balaban J connectivity index is 1.60. The minimum absolute atomic E-state index is 0.0950. The van der Waals surface area contributed by atoms with Crippen LogP contribution in [0.15, 0.2) is 36.4 Å². The van der Waals surface area contributed by atoms with Crippen molar-refractivity contribution in [2.45, 2.75) is 6.36 Å². The molecule has 0 unspecified atom stereocenters. The van der Waals surface area contributed by atoms with E-state index in [4.69, 9.17) is 4.74 Å². The minimum Gasteiger partial charge on any atom is -0.406 e. The number of nitrogens with one attached hydrogen (secondary N) is 1. The van der Waals surface area contributed by atoms with Crippen molar-refractivity contribution in [2.24, 2.45) is 0 Å². The van der Waals surface area contributed by atoms with Gasteiger partial charge in [0.2, 0.25) is 0 Å². The van der Waals surface area contributed by atoms with Gasteiger partial charge in [-0.1, -0.05) is 0 Å². The molecule has 10 heteroatoms. The smallest absolute Gasteiger partial charge is 0.406 e. The van der Waals surface area contributed by atoms with Crippen molar-refractivity contribution >= 4 is 17.4 Å². The van der Waals surface area contributed by atoms with Gasteiger partial charge in [0.15, 0.2) is 11.5 Å². The van der Waals surface area contributed by atoms with Gasteiger partial charge in [0, 0.05) is 18.8 Å². The fraction of sp³-hybridized carbons (Fsp3) is 0.312. The SMILES string of the molecule is O=C(Nc1ccc(OC(F)(F)F)cc1)c1ccc(N2CCOCC2)nn1. The second-order valence-corrected chi connectivity index (χ2v) is 5.40. The Kier molecular flexibility index (Phi) is 5.21. The summed E-state index contributed by atoms with van der Waals surface area (Å²) in [5.74, 6) is -0.237. The lowest BCUT2D eigenvalue weighted by molar-refractivity contribution is -0.274. The van der Waals surface area contributed by atoms with Gasteiger partial charge in [0.05, 0.1) is 13.2 Å². The van der Waals surface area contributed by atoms with Crippen LogP contribution in [0.2, 0.25) is 0 Å². The number of hydrogen-bond donors (Lipinski definition) is 1. The summed E-state index contributed by atoms with van der Waals surface area (Å²) in [7, 11) is 0.